The molecule has 0 radical (unpaired) electrons. The number of rotatable bonds is 3. The number of hydrogen-bond donors (Lipinski definition) is 2. The van der Waals surface area contributed by atoms with Crippen molar-refractivity contribution in [3.05, 3.63) is 77.8 Å². The number of aromatic nitrogens is 2. The van der Waals surface area contributed by atoms with Gasteiger partial charge in [0, 0.05) is 46.5 Å². The predicted molar refractivity (Wildman–Crippen MR) is 102 cm³/mol. The molecule has 2 N–H and O–H groups in total. The largest absolute Gasteiger partial charge is 0.388 e. The highest BCUT2D eigenvalue weighted by molar-refractivity contribution is 6.00. The van der Waals surface area contributed by atoms with E-state index in [0.29, 0.717) is 0 Å². The van der Waals surface area contributed by atoms with E-state index in [9.17, 15) is 5.11 Å². The van der Waals surface area contributed by atoms with Crippen molar-refractivity contribution in [1.82, 2.24) is 9.97 Å². The highest BCUT2D eigenvalue weighted by Gasteiger charge is 2.25. The van der Waals surface area contributed by atoms with Crippen LogP contribution in [0.2, 0.25) is 0 Å². The summed E-state index contributed by atoms with van der Waals surface area (Å²) in [5.74, 6) is 0.103. The Kier molecular flexibility index (Phi) is 4.02. The Morgan fingerprint density at radius 2 is 2.12 bits per heavy atom. The molecule has 2 atom stereocenters. The van der Waals surface area contributed by atoms with Gasteiger partial charge < -0.3 is 10.1 Å². The SMILES string of the molecule is Cc1cc(C)c2[nH]cc(-c3cccnc3)c2c1C(O)C1C=CC=CC1. The summed E-state index contributed by atoms with van der Waals surface area (Å²) >= 11 is 0. The van der Waals surface area contributed by atoms with E-state index in [1.54, 1.807) is 6.20 Å². The Morgan fingerprint density at radius 3 is 2.84 bits per heavy atom. The van der Waals surface area contributed by atoms with Gasteiger partial charge in [0.15, 0.2) is 0 Å². The molecule has 2 aromatic heterocycles. The average Bonchev–Trinajstić information content (AvgIpc) is 3.08. The van der Waals surface area contributed by atoms with Crippen molar-refractivity contribution >= 4 is 10.9 Å². The summed E-state index contributed by atoms with van der Waals surface area (Å²) in [5, 5.41) is 12.3. The highest BCUT2D eigenvalue weighted by Crippen LogP contribution is 2.40. The topological polar surface area (TPSA) is 48.9 Å². The second kappa shape index (κ2) is 6.34. The predicted octanol–water partition coefficient (Wildman–Crippen LogP) is 5.01. The summed E-state index contributed by atoms with van der Waals surface area (Å²) < 4.78 is 0. The van der Waals surface area contributed by atoms with E-state index in [4.69, 9.17) is 0 Å². The van der Waals surface area contributed by atoms with Crippen LogP contribution in [-0.2, 0) is 0 Å². The minimum Gasteiger partial charge on any atom is -0.388 e. The molecular formula is C22H22N2O. The van der Waals surface area contributed by atoms with Gasteiger partial charge in [-0.2, -0.15) is 0 Å². The highest BCUT2D eigenvalue weighted by atomic mass is 16.3. The van der Waals surface area contributed by atoms with Crippen LogP contribution in [0.1, 0.15) is 29.2 Å². The number of aryl methyl sites for hydroxylation is 2. The molecule has 0 amide bonds. The van der Waals surface area contributed by atoms with Crippen LogP contribution in [0.25, 0.3) is 22.0 Å². The molecule has 3 heteroatoms. The van der Waals surface area contributed by atoms with Gasteiger partial charge in [0.1, 0.15) is 0 Å². The standard InChI is InChI=1S/C22H22N2O/c1-14-11-15(2)21-20(18(13-24-21)17-9-6-10-23-12-17)19(14)22(25)16-7-4-3-5-8-16/h3-7,9-13,16,22,24-25H,8H2,1-2H3. The second-order valence-corrected chi connectivity index (χ2v) is 6.78. The summed E-state index contributed by atoms with van der Waals surface area (Å²) in [6.07, 6.45) is 14.3. The van der Waals surface area contributed by atoms with Gasteiger partial charge in [0.05, 0.1) is 6.10 Å². The van der Waals surface area contributed by atoms with Crippen molar-refractivity contribution in [3.8, 4) is 11.1 Å². The molecule has 0 fully saturated rings. The van der Waals surface area contributed by atoms with E-state index in [-0.39, 0.29) is 5.92 Å². The Labute approximate surface area is 147 Å². The first-order chi connectivity index (χ1) is 12.2. The van der Waals surface area contributed by atoms with Crippen LogP contribution in [0.3, 0.4) is 0 Å². The molecule has 1 aliphatic rings. The number of aromatic amines is 1. The van der Waals surface area contributed by atoms with Crippen LogP contribution >= 0.6 is 0 Å². The number of H-pyrrole nitrogens is 1. The fourth-order valence-electron chi connectivity index (χ4n) is 3.86. The van der Waals surface area contributed by atoms with E-state index in [2.05, 4.69) is 48.1 Å². The van der Waals surface area contributed by atoms with Crippen LogP contribution in [-0.4, -0.2) is 15.1 Å². The van der Waals surface area contributed by atoms with Crippen molar-refractivity contribution in [2.75, 3.05) is 0 Å². The van der Waals surface area contributed by atoms with Crippen LogP contribution in [0, 0.1) is 19.8 Å². The lowest BCUT2D eigenvalue weighted by Crippen LogP contribution is -2.13. The van der Waals surface area contributed by atoms with Gasteiger partial charge in [-0.25, -0.2) is 0 Å². The van der Waals surface area contributed by atoms with Crippen molar-refractivity contribution in [1.29, 1.82) is 0 Å². The van der Waals surface area contributed by atoms with Crippen molar-refractivity contribution in [3.63, 3.8) is 0 Å². The third-order valence-electron chi connectivity index (χ3n) is 5.09. The molecule has 1 aliphatic carbocycles. The van der Waals surface area contributed by atoms with Gasteiger partial charge in [0.25, 0.3) is 0 Å². The van der Waals surface area contributed by atoms with Crippen LogP contribution in [0.5, 0.6) is 0 Å². The molecule has 0 saturated heterocycles. The maximum absolute atomic E-state index is 11.2. The molecular weight excluding hydrogens is 308 g/mol. The quantitative estimate of drug-likeness (QED) is 0.709. The number of allylic oxidation sites excluding steroid dienone is 3. The fraction of sp³-hybridized carbons (Fsp3) is 0.227. The first kappa shape index (κ1) is 15.9. The molecule has 2 unspecified atom stereocenters. The molecule has 1 aromatic carbocycles. The van der Waals surface area contributed by atoms with Crippen molar-refractivity contribution in [2.24, 2.45) is 5.92 Å². The molecule has 2 heterocycles. The van der Waals surface area contributed by atoms with Gasteiger partial charge in [-0.15, -0.1) is 0 Å². The Hall–Kier alpha value is -2.65. The van der Waals surface area contributed by atoms with Crippen LogP contribution in [0.4, 0.5) is 0 Å². The molecule has 3 aromatic rings. The molecule has 0 spiro atoms. The maximum Gasteiger partial charge on any atom is 0.0865 e. The van der Waals surface area contributed by atoms with Gasteiger partial charge in [-0.05, 0) is 43.0 Å². The zero-order chi connectivity index (χ0) is 17.4. The first-order valence-corrected chi connectivity index (χ1v) is 8.70. The number of benzene rings is 1. The number of pyridine rings is 1. The van der Waals surface area contributed by atoms with Crippen molar-refractivity contribution in [2.45, 2.75) is 26.4 Å². The Morgan fingerprint density at radius 1 is 1.24 bits per heavy atom. The maximum atomic E-state index is 11.2. The summed E-state index contributed by atoms with van der Waals surface area (Å²) in [6, 6.07) is 6.17. The Balaban J connectivity index is 1.95. The second-order valence-electron chi connectivity index (χ2n) is 6.78. The smallest absolute Gasteiger partial charge is 0.0865 e. The van der Waals surface area contributed by atoms with E-state index in [1.807, 2.05) is 30.6 Å². The molecule has 0 saturated carbocycles. The van der Waals surface area contributed by atoms with E-state index in [1.165, 1.54) is 5.56 Å². The summed E-state index contributed by atoms with van der Waals surface area (Å²) in [5.41, 5.74) is 6.59. The molecule has 0 bridgehead atoms. The molecule has 25 heavy (non-hydrogen) atoms. The number of aliphatic hydroxyl groups is 1. The minimum atomic E-state index is -0.532. The van der Waals surface area contributed by atoms with E-state index < -0.39 is 6.10 Å². The molecule has 3 nitrogen and oxygen atoms in total. The minimum absolute atomic E-state index is 0.103. The third-order valence-corrected chi connectivity index (χ3v) is 5.09. The number of fused-ring (bicyclic) bond motifs is 1. The number of hydrogen-bond acceptors (Lipinski definition) is 2. The lowest BCUT2D eigenvalue weighted by atomic mass is 9.84. The first-order valence-electron chi connectivity index (χ1n) is 8.70. The third kappa shape index (κ3) is 2.71. The van der Waals surface area contributed by atoms with Gasteiger partial charge in [-0.3, -0.25) is 4.98 Å². The van der Waals surface area contributed by atoms with Crippen LogP contribution < -0.4 is 0 Å². The van der Waals surface area contributed by atoms with Gasteiger partial charge >= 0.3 is 0 Å². The molecule has 0 aliphatic heterocycles. The summed E-state index contributed by atoms with van der Waals surface area (Å²) in [7, 11) is 0. The molecule has 126 valence electrons. The van der Waals surface area contributed by atoms with E-state index >= 15 is 0 Å². The summed E-state index contributed by atoms with van der Waals surface area (Å²) in [4.78, 5) is 7.67. The zero-order valence-electron chi connectivity index (χ0n) is 14.5. The Bertz CT molecular complexity index is 967. The summed E-state index contributed by atoms with van der Waals surface area (Å²) in [6.45, 7) is 4.20. The van der Waals surface area contributed by atoms with Gasteiger partial charge in [0.2, 0.25) is 0 Å². The monoisotopic (exact) mass is 330 g/mol. The number of nitrogens with zero attached hydrogens (tertiary/aromatic N) is 1. The fourth-order valence-corrected chi connectivity index (χ4v) is 3.86. The van der Waals surface area contributed by atoms with E-state index in [0.717, 1.165) is 39.6 Å². The molecule has 4 rings (SSSR count). The lowest BCUT2D eigenvalue weighted by molar-refractivity contribution is 0.133. The van der Waals surface area contributed by atoms with Crippen LogP contribution in [0.15, 0.2) is 61.1 Å². The zero-order valence-corrected chi connectivity index (χ0v) is 14.5. The van der Waals surface area contributed by atoms with Gasteiger partial charge in [-0.1, -0.05) is 36.4 Å². The normalized spacial score (nSPS) is 18.0. The number of aliphatic hydroxyl groups excluding tert-OH is 1. The number of nitrogens with one attached hydrogen (secondary N) is 1. The average molecular weight is 330 g/mol. The van der Waals surface area contributed by atoms with Crippen molar-refractivity contribution < 1.29 is 5.11 Å². The lowest BCUT2D eigenvalue weighted by Gasteiger charge is -2.24.